The Morgan fingerprint density at radius 2 is 2.08 bits per heavy atom. The van der Waals surface area contributed by atoms with Crippen LogP contribution in [0.15, 0.2) is 35.4 Å². The average Bonchev–Trinajstić information content (AvgIpc) is 2.60. The Bertz CT molecular complexity index is 844. The Morgan fingerprint density at radius 1 is 1.40 bits per heavy atom. The Morgan fingerprint density at radius 3 is 2.64 bits per heavy atom. The molecule has 0 aliphatic rings. The topological polar surface area (TPSA) is 106 Å². The van der Waals surface area contributed by atoms with E-state index in [-0.39, 0.29) is 17.9 Å². The summed E-state index contributed by atoms with van der Waals surface area (Å²) in [6, 6.07) is 9.72. The summed E-state index contributed by atoms with van der Waals surface area (Å²) in [5.41, 5.74) is 1.95. The molecule has 8 heteroatoms. The second kappa shape index (κ2) is 8.26. The number of esters is 1. The highest BCUT2D eigenvalue weighted by atomic mass is 32.2. The highest BCUT2D eigenvalue weighted by Crippen LogP contribution is 2.27. The number of nitro benzene ring substituents is 1. The van der Waals surface area contributed by atoms with Crippen LogP contribution in [0.1, 0.15) is 34.1 Å². The molecule has 1 aromatic carbocycles. The molecular weight excluding hydrogens is 342 g/mol. The van der Waals surface area contributed by atoms with Gasteiger partial charge in [-0.15, -0.1) is 11.8 Å². The summed E-state index contributed by atoms with van der Waals surface area (Å²) >= 11 is 1.33. The lowest BCUT2D eigenvalue weighted by Crippen LogP contribution is -2.09. The largest absolute Gasteiger partial charge is 0.462 e. The van der Waals surface area contributed by atoms with E-state index >= 15 is 0 Å². The van der Waals surface area contributed by atoms with Gasteiger partial charge in [-0.25, -0.2) is 9.78 Å². The first-order valence-electron chi connectivity index (χ1n) is 7.41. The summed E-state index contributed by atoms with van der Waals surface area (Å²) in [6.07, 6.45) is 0. The second-order valence-electron chi connectivity index (χ2n) is 5.02. The molecule has 2 aromatic rings. The van der Waals surface area contributed by atoms with Crippen LogP contribution in [0.25, 0.3) is 0 Å². The quantitative estimate of drug-likeness (QED) is 0.336. The van der Waals surface area contributed by atoms with Crippen molar-refractivity contribution >= 4 is 23.4 Å². The third-order valence-electron chi connectivity index (χ3n) is 3.32. The molecule has 0 fully saturated rings. The molecule has 1 aromatic heterocycles. The first-order valence-corrected chi connectivity index (χ1v) is 8.39. The molecule has 0 bridgehead atoms. The van der Waals surface area contributed by atoms with E-state index < -0.39 is 10.9 Å². The maximum Gasteiger partial charge on any atom is 0.340 e. The highest BCUT2D eigenvalue weighted by molar-refractivity contribution is 7.98. The Kier molecular flexibility index (Phi) is 6.08. The number of non-ortho nitro benzene ring substituents is 1. The van der Waals surface area contributed by atoms with Gasteiger partial charge in [-0.05, 0) is 25.5 Å². The number of hydrogen-bond donors (Lipinski definition) is 0. The zero-order valence-corrected chi connectivity index (χ0v) is 14.5. The van der Waals surface area contributed by atoms with E-state index in [9.17, 15) is 20.2 Å². The van der Waals surface area contributed by atoms with Gasteiger partial charge in [0.15, 0.2) is 0 Å². The molecule has 128 valence electrons. The van der Waals surface area contributed by atoms with Gasteiger partial charge in [-0.1, -0.05) is 12.1 Å². The van der Waals surface area contributed by atoms with Gasteiger partial charge in [0, 0.05) is 17.9 Å². The number of ether oxygens (including phenoxy) is 1. The van der Waals surface area contributed by atoms with Gasteiger partial charge in [-0.2, -0.15) is 5.26 Å². The lowest BCUT2D eigenvalue weighted by molar-refractivity contribution is -0.384. The number of thioether (sulfide) groups is 1. The summed E-state index contributed by atoms with van der Waals surface area (Å²) in [6.45, 7) is 3.64. The van der Waals surface area contributed by atoms with Crippen molar-refractivity contribution in [2.24, 2.45) is 0 Å². The Balaban J connectivity index is 2.19. The Labute approximate surface area is 148 Å². The molecule has 0 aliphatic carbocycles. The first-order chi connectivity index (χ1) is 12.0. The van der Waals surface area contributed by atoms with Crippen LogP contribution in [0.4, 0.5) is 5.69 Å². The van der Waals surface area contributed by atoms with E-state index in [0.717, 1.165) is 5.56 Å². The smallest absolute Gasteiger partial charge is 0.340 e. The van der Waals surface area contributed by atoms with Crippen LogP contribution in [0, 0.1) is 28.4 Å². The van der Waals surface area contributed by atoms with Crippen molar-refractivity contribution in [3.63, 3.8) is 0 Å². The third-order valence-corrected chi connectivity index (χ3v) is 4.38. The van der Waals surface area contributed by atoms with Gasteiger partial charge in [0.1, 0.15) is 11.1 Å². The number of nitriles is 1. The van der Waals surface area contributed by atoms with Crippen LogP contribution >= 0.6 is 11.8 Å². The molecule has 1 heterocycles. The fraction of sp³-hybridized carbons (Fsp3) is 0.235. The van der Waals surface area contributed by atoms with E-state index in [1.54, 1.807) is 26.0 Å². The molecule has 25 heavy (non-hydrogen) atoms. The lowest BCUT2D eigenvalue weighted by Gasteiger charge is -2.09. The van der Waals surface area contributed by atoms with E-state index in [4.69, 9.17) is 4.74 Å². The lowest BCUT2D eigenvalue weighted by atomic mass is 10.1. The van der Waals surface area contributed by atoms with E-state index in [0.29, 0.717) is 22.0 Å². The maximum atomic E-state index is 11.9. The number of carbonyl (C=O) groups excluding carboxylic acids is 1. The highest BCUT2D eigenvalue weighted by Gasteiger charge is 2.16. The molecule has 0 saturated carbocycles. The molecule has 0 aliphatic heterocycles. The van der Waals surface area contributed by atoms with Crippen molar-refractivity contribution in [3.05, 3.63) is 62.8 Å². The van der Waals surface area contributed by atoms with Crippen LogP contribution in [0.2, 0.25) is 0 Å². The number of nitrogens with zero attached hydrogens (tertiary/aromatic N) is 3. The zero-order chi connectivity index (χ0) is 18.4. The number of hydrogen-bond acceptors (Lipinski definition) is 7. The van der Waals surface area contributed by atoms with Gasteiger partial charge < -0.3 is 4.74 Å². The summed E-state index contributed by atoms with van der Waals surface area (Å²) in [4.78, 5) is 26.4. The standard InChI is InChI=1S/C17H15N3O4S/c1-3-24-17(21)15-8-13(9-18)16(19-11(15)2)25-10-12-4-6-14(7-5-12)20(22)23/h4-8H,3,10H2,1-2H3. The monoisotopic (exact) mass is 357 g/mol. The summed E-state index contributed by atoms with van der Waals surface area (Å²) in [5.74, 6) is -0.00589. The molecular formula is C17H15N3O4S. The third kappa shape index (κ3) is 4.55. The van der Waals surface area contributed by atoms with Gasteiger partial charge in [0.25, 0.3) is 5.69 Å². The molecule has 2 rings (SSSR count). The van der Waals surface area contributed by atoms with Crippen molar-refractivity contribution < 1.29 is 14.5 Å². The molecule has 0 spiro atoms. The molecule has 0 radical (unpaired) electrons. The van der Waals surface area contributed by atoms with Crippen LogP contribution in [0.5, 0.6) is 0 Å². The molecule has 0 atom stereocenters. The van der Waals surface area contributed by atoms with Crippen LogP contribution in [-0.2, 0) is 10.5 Å². The first kappa shape index (κ1) is 18.4. The molecule has 0 unspecified atom stereocenters. The van der Waals surface area contributed by atoms with Crippen LogP contribution < -0.4 is 0 Å². The zero-order valence-electron chi connectivity index (χ0n) is 13.7. The minimum absolute atomic E-state index is 0.0271. The van der Waals surface area contributed by atoms with E-state index in [1.165, 1.54) is 30.0 Å². The van der Waals surface area contributed by atoms with Crippen molar-refractivity contribution in [1.29, 1.82) is 5.26 Å². The number of benzene rings is 1. The van der Waals surface area contributed by atoms with Crippen molar-refractivity contribution in [2.45, 2.75) is 24.6 Å². The van der Waals surface area contributed by atoms with Crippen LogP contribution in [0.3, 0.4) is 0 Å². The van der Waals surface area contributed by atoms with Gasteiger partial charge in [0.05, 0.1) is 28.4 Å². The number of carbonyl (C=O) groups is 1. The fourth-order valence-electron chi connectivity index (χ4n) is 2.05. The maximum absolute atomic E-state index is 11.9. The van der Waals surface area contributed by atoms with Gasteiger partial charge in [0.2, 0.25) is 0 Å². The minimum Gasteiger partial charge on any atom is -0.462 e. The molecule has 0 saturated heterocycles. The number of aryl methyl sites for hydroxylation is 1. The van der Waals surface area contributed by atoms with Crippen molar-refractivity contribution in [2.75, 3.05) is 6.61 Å². The van der Waals surface area contributed by atoms with Gasteiger partial charge >= 0.3 is 5.97 Å². The normalized spacial score (nSPS) is 10.1. The molecule has 7 nitrogen and oxygen atoms in total. The van der Waals surface area contributed by atoms with E-state index in [1.807, 2.05) is 6.07 Å². The number of nitro groups is 1. The number of pyridine rings is 1. The SMILES string of the molecule is CCOC(=O)c1cc(C#N)c(SCc2ccc([N+](=O)[O-])cc2)nc1C. The summed E-state index contributed by atoms with van der Waals surface area (Å²) in [7, 11) is 0. The molecule has 0 amide bonds. The van der Waals surface area contributed by atoms with E-state index in [2.05, 4.69) is 4.98 Å². The predicted octanol–water partition coefficient (Wildman–Crippen LogP) is 3.64. The second-order valence-corrected chi connectivity index (χ2v) is 5.98. The van der Waals surface area contributed by atoms with Crippen LogP contribution in [-0.4, -0.2) is 22.5 Å². The molecule has 0 N–H and O–H groups in total. The average molecular weight is 357 g/mol. The minimum atomic E-state index is -0.504. The predicted molar refractivity (Wildman–Crippen MR) is 92.3 cm³/mol. The number of aromatic nitrogens is 1. The number of rotatable bonds is 6. The van der Waals surface area contributed by atoms with Gasteiger partial charge in [-0.3, -0.25) is 10.1 Å². The fourth-order valence-corrected chi connectivity index (χ4v) is 3.01. The summed E-state index contributed by atoms with van der Waals surface area (Å²) < 4.78 is 4.96. The van der Waals surface area contributed by atoms with Crippen molar-refractivity contribution in [1.82, 2.24) is 4.98 Å². The Hall–Kier alpha value is -2.92. The van der Waals surface area contributed by atoms with Crippen molar-refractivity contribution in [3.8, 4) is 6.07 Å². The summed E-state index contributed by atoms with van der Waals surface area (Å²) in [5, 5.41) is 20.5.